The van der Waals surface area contributed by atoms with Crippen LogP contribution in [0.4, 0.5) is 5.69 Å². The number of ether oxygens (including phenoxy) is 2. The van der Waals surface area contributed by atoms with Gasteiger partial charge >= 0.3 is 0 Å². The number of unbranched alkanes of at least 4 members (excludes halogenated alkanes) is 1. The highest BCUT2D eigenvalue weighted by molar-refractivity contribution is 5.47. The average Bonchev–Trinajstić information content (AvgIpc) is 2.62. The van der Waals surface area contributed by atoms with Crippen molar-refractivity contribution in [2.45, 2.75) is 52.7 Å². The Bertz CT molecular complexity index is 578. The maximum absolute atomic E-state index is 5.79. The van der Waals surface area contributed by atoms with Crippen molar-refractivity contribution >= 4 is 5.69 Å². The maximum Gasteiger partial charge on any atom is 0.119 e. The van der Waals surface area contributed by atoms with E-state index in [0.29, 0.717) is 0 Å². The molecule has 0 unspecified atom stereocenters. The van der Waals surface area contributed by atoms with Gasteiger partial charge in [-0.25, -0.2) is 0 Å². The van der Waals surface area contributed by atoms with Crippen molar-refractivity contribution < 1.29 is 9.47 Å². The first-order valence-electron chi connectivity index (χ1n) is 8.93. The molecular weight excluding hydrogens is 298 g/mol. The number of rotatable bonds is 10. The normalized spacial score (nSPS) is 11.8. The topological polar surface area (TPSA) is 30.5 Å². The van der Waals surface area contributed by atoms with Crippen molar-refractivity contribution in [1.29, 1.82) is 0 Å². The Balaban J connectivity index is 1.80. The molecule has 3 heteroatoms. The molecular formula is C21H29NO2. The molecule has 24 heavy (non-hydrogen) atoms. The molecule has 2 aromatic carbocycles. The van der Waals surface area contributed by atoms with Crippen LogP contribution in [0.15, 0.2) is 48.5 Å². The van der Waals surface area contributed by atoms with Gasteiger partial charge in [-0.1, -0.05) is 32.4 Å². The van der Waals surface area contributed by atoms with Gasteiger partial charge in [0.15, 0.2) is 0 Å². The van der Waals surface area contributed by atoms with E-state index in [4.69, 9.17) is 9.47 Å². The molecule has 0 fully saturated rings. The molecule has 130 valence electrons. The first kappa shape index (κ1) is 18.2. The van der Waals surface area contributed by atoms with Gasteiger partial charge in [-0.15, -0.1) is 0 Å². The van der Waals surface area contributed by atoms with Crippen LogP contribution in [0.3, 0.4) is 0 Å². The highest BCUT2D eigenvalue weighted by Crippen LogP contribution is 2.19. The van der Waals surface area contributed by atoms with Gasteiger partial charge in [0.25, 0.3) is 0 Å². The predicted octanol–water partition coefficient (Wildman–Crippen LogP) is 5.65. The summed E-state index contributed by atoms with van der Waals surface area (Å²) < 4.78 is 11.5. The van der Waals surface area contributed by atoms with Gasteiger partial charge in [0.05, 0.1) is 12.7 Å². The minimum atomic E-state index is 0.252. The molecule has 0 spiro atoms. The van der Waals surface area contributed by atoms with Crippen LogP contribution in [-0.4, -0.2) is 12.7 Å². The van der Waals surface area contributed by atoms with Gasteiger partial charge < -0.3 is 14.8 Å². The van der Waals surface area contributed by atoms with E-state index in [9.17, 15) is 0 Å². The van der Waals surface area contributed by atoms with Gasteiger partial charge in [0.2, 0.25) is 0 Å². The van der Waals surface area contributed by atoms with Crippen molar-refractivity contribution in [3.8, 4) is 11.5 Å². The minimum absolute atomic E-state index is 0.252. The highest BCUT2D eigenvalue weighted by atomic mass is 16.5. The second-order valence-corrected chi connectivity index (χ2v) is 6.06. The quantitative estimate of drug-likeness (QED) is 0.572. The van der Waals surface area contributed by atoms with Crippen LogP contribution in [0.2, 0.25) is 0 Å². The van der Waals surface area contributed by atoms with Crippen LogP contribution in [0.25, 0.3) is 0 Å². The van der Waals surface area contributed by atoms with Gasteiger partial charge in [-0.3, -0.25) is 0 Å². The molecule has 2 rings (SSSR count). The summed E-state index contributed by atoms with van der Waals surface area (Å²) in [7, 11) is 0. The lowest BCUT2D eigenvalue weighted by Gasteiger charge is -2.13. The molecule has 0 aliphatic rings. The fourth-order valence-electron chi connectivity index (χ4n) is 2.21. The van der Waals surface area contributed by atoms with Crippen LogP contribution in [0, 0.1) is 0 Å². The summed E-state index contributed by atoms with van der Waals surface area (Å²) >= 11 is 0. The zero-order valence-electron chi connectivity index (χ0n) is 15.0. The Labute approximate surface area is 146 Å². The van der Waals surface area contributed by atoms with Crippen LogP contribution < -0.4 is 14.8 Å². The molecule has 3 nitrogen and oxygen atoms in total. The second-order valence-electron chi connectivity index (χ2n) is 6.06. The monoisotopic (exact) mass is 327 g/mol. The van der Waals surface area contributed by atoms with Gasteiger partial charge in [-0.2, -0.15) is 0 Å². The van der Waals surface area contributed by atoms with Crippen molar-refractivity contribution in [2.24, 2.45) is 0 Å². The molecule has 0 aromatic heterocycles. The maximum atomic E-state index is 5.79. The zero-order valence-corrected chi connectivity index (χ0v) is 15.0. The summed E-state index contributed by atoms with van der Waals surface area (Å²) in [6, 6.07) is 16.4. The van der Waals surface area contributed by atoms with Gasteiger partial charge in [-0.05, 0) is 61.7 Å². The highest BCUT2D eigenvalue weighted by Gasteiger charge is 2.01. The van der Waals surface area contributed by atoms with Gasteiger partial charge in [0, 0.05) is 12.2 Å². The van der Waals surface area contributed by atoms with Crippen LogP contribution in [-0.2, 0) is 6.54 Å². The summed E-state index contributed by atoms with van der Waals surface area (Å²) in [6.07, 6.45) is 3.52. The third kappa shape index (κ3) is 6.15. The summed E-state index contributed by atoms with van der Waals surface area (Å²) in [5, 5.41) is 3.43. The lowest BCUT2D eigenvalue weighted by atomic mass is 10.2. The summed E-state index contributed by atoms with van der Waals surface area (Å²) in [6.45, 7) is 7.96. The number of benzene rings is 2. The van der Waals surface area contributed by atoms with E-state index >= 15 is 0 Å². The average molecular weight is 327 g/mol. The van der Waals surface area contributed by atoms with Crippen molar-refractivity contribution in [3.63, 3.8) is 0 Å². The molecule has 0 bridgehead atoms. The summed E-state index contributed by atoms with van der Waals surface area (Å²) in [4.78, 5) is 0. The van der Waals surface area contributed by atoms with Crippen molar-refractivity contribution in [3.05, 3.63) is 54.1 Å². The van der Waals surface area contributed by atoms with Crippen LogP contribution >= 0.6 is 0 Å². The number of nitrogens with one attached hydrogen (secondary N) is 1. The first-order valence-corrected chi connectivity index (χ1v) is 8.93. The Kier molecular flexibility index (Phi) is 7.47. The van der Waals surface area contributed by atoms with Gasteiger partial charge in [0.1, 0.15) is 11.5 Å². The Morgan fingerprint density at radius 3 is 2.21 bits per heavy atom. The van der Waals surface area contributed by atoms with E-state index in [2.05, 4.69) is 50.4 Å². The van der Waals surface area contributed by atoms with Crippen molar-refractivity contribution in [2.75, 3.05) is 11.9 Å². The standard InChI is InChI=1S/C21H29NO2/c1-4-6-15-23-20-11-7-18(8-12-20)16-22-19-9-13-21(14-10-19)24-17(3)5-2/h7-14,17,22H,4-6,15-16H2,1-3H3/t17-/m1/s1. The molecule has 0 aliphatic carbocycles. The SMILES string of the molecule is CCCCOc1ccc(CNc2ccc(O[C@H](C)CC)cc2)cc1. The molecule has 0 aliphatic heterocycles. The molecule has 0 radical (unpaired) electrons. The van der Waals surface area contributed by atoms with E-state index in [1.807, 2.05) is 24.3 Å². The minimum Gasteiger partial charge on any atom is -0.494 e. The fourth-order valence-corrected chi connectivity index (χ4v) is 2.21. The molecule has 0 saturated carbocycles. The molecule has 0 heterocycles. The van der Waals surface area contributed by atoms with Crippen molar-refractivity contribution in [1.82, 2.24) is 0 Å². The lowest BCUT2D eigenvalue weighted by molar-refractivity contribution is 0.217. The van der Waals surface area contributed by atoms with E-state index in [1.165, 1.54) is 5.56 Å². The third-order valence-electron chi connectivity index (χ3n) is 3.95. The van der Waals surface area contributed by atoms with E-state index in [1.54, 1.807) is 0 Å². The number of hydrogen-bond donors (Lipinski definition) is 1. The Morgan fingerprint density at radius 1 is 0.917 bits per heavy atom. The second kappa shape index (κ2) is 9.86. The predicted molar refractivity (Wildman–Crippen MR) is 101 cm³/mol. The number of anilines is 1. The first-order chi connectivity index (χ1) is 11.7. The molecule has 2 aromatic rings. The largest absolute Gasteiger partial charge is 0.494 e. The fraction of sp³-hybridized carbons (Fsp3) is 0.429. The van der Waals surface area contributed by atoms with E-state index in [-0.39, 0.29) is 6.10 Å². The van der Waals surface area contributed by atoms with E-state index in [0.717, 1.165) is 49.6 Å². The third-order valence-corrected chi connectivity index (χ3v) is 3.95. The van der Waals surface area contributed by atoms with Crippen LogP contribution in [0.5, 0.6) is 11.5 Å². The molecule has 1 N–H and O–H groups in total. The summed E-state index contributed by atoms with van der Waals surface area (Å²) in [5.74, 6) is 1.86. The number of hydrogen-bond acceptors (Lipinski definition) is 3. The smallest absolute Gasteiger partial charge is 0.119 e. The molecule has 0 amide bonds. The molecule has 0 saturated heterocycles. The van der Waals surface area contributed by atoms with Crippen LogP contribution in [0.1, 0.15) is 45.6 Å². The summed E-state index contributed by atoms with van der Waals surface area (Å²) in [5.41, 5.74) is 2.33. The van der Waals surface area contributed by atoms with E-state index < -0.39 is 0 Å². The zero-order chi connectivity index (χ0) is 17.2. The lowest BCUT2D eigenvalue weighted by Crippen LogP contribution is -2.09. The Hall–Kier alpha value is -2.16. The molecule has 1 atom stereocenters. The Morgan fingerprint density at radius 2 is 1.58 bits per heavy atom.